The summed E-state index contributed by atoms with van der Waals surface area (Å²) < 4.78 is 5.83. The monoisotopic (exact) mass is 380 g/mol. The zero-order chi connectivity index (χ0) is 18.4. The first-order valence-corrected chi connectivity index (χ1v) is 8.57. The molecule has 132 valence electrons. The third-order valence-corrected chi connectivity index (χ3v) is 4.86. The number of oxime groups is 1. The number of fused-ring (bicyclic) bond motifs is 1. The molecule has 25 heavy (non-hydrogen) atoms. The molecule has 1 amide bonds. The van der Waals surface area contributed by atoms with E-state index in [1.165, 1.54) is 0 Å². The number of anilines is 1. The smallest absolute Gasteiger partial charge is 0.291 e. The van der Waals surface area contributed by atoms with E-state index in [4.69, 9.17) is 27.6 Å². The number of carbonyl (C=O) groups is 1. The van der Waals surface area contributed by atoms with E-state index in [2.05, 4.69) is 24.3 Å². The maximum absolute atomic E-state index is 12.7. The van der Waals surface area contributed by atoms with E-state index in [0.717, 1.165) is 0 Å². The maximum atomic E-state index is 12.7. The highest BCUT2D eigenvalue weighted by atomic mass is 35.5. The number of benzene rings is 1. The van der Waals surface area contributed by atoms with Gasteiger partial charge < -0.3 is 14.9 Å². The number of hydrogen-bond donors (Lipinski definition) is 2. The summed E-state index contributed by atoms with van der Waals surface area (Å²) in [4.78, 5) is 12.7. The van der Waals surface area contributed by atoms with Crippen LogP contribution in [0.2, 0.25) is 10.0 Å². The summed E-state index contributed by atoms with van der Waals surface area (Å²) in [5, 5.41) is 16.3. The molecule has 0 atom stereocenters. The Labute approximate surface area is 155 Å². The van der Waals surface area contributed by atoms with Crippen LogP contribution in [0.15, 0.2) is 27.8 Å². The molecule has 1 aromatic carbocycles. The fourth-order valence-corrected chi connectivity index (χ4v) is 3.53. The Morgan fingerprint density at radius 1 is 1.32 bits per heavy atom. The minimum atomic E-state index is -0.425. The van der Waals surface area contributed by atoms with Crippen molar-refractivity contribution in [2.75, 3.05) is 5.32 Å². The molecule has 2 N–H and O–H groups in total. The summed E-state index contributed by atoms with van der Waals surface area (Å²) in [7, 11) is 0. The summed E-state index contributed by atoms with van der Waals surface area (Å²) in [6.07, 6.45) is 1.27. The molecule has 1 aliphatic rings. The van der Waals surface area contributed by atoms with Crippen LogP contribution >= 0.6 is 23.2 Å². The van der Waals surface area contributed by atoms with Crippen LogP contribution in [0.5, 0.6) is 0 Å². The molecule has 1 aromatic heterocycles. The van der Waals surface area contributed by atoms with E-state index >= 15 is 0 Å². The predicted octanol–water partition coefficient (Wildman–Crippen LogP) is 5.30. The van der Waals surface area contributed by atoms with Gasteiger partial charge in [-0.15, -0.1) is 0 Å². The lowest BCUT2D eigenvalue weighted by molar-refractivity contribution is 0.0993. The predicted molar refractivity (Wildman–Crippen MR) is 98.3 cm³/mol. The third kappa shape index (κ3) is 3.39. The fraction of sp³-hybridized carbons (Fsp3) is 0.333. The highest BCUT2D eigenvalue weighted by Gasteiger charge is 2.36. The summed E-state index contributed by atoms with van der Waals surface area (Å²) in [5.74, 6) is 0.412. The van der Waals surface area contributed by atoms with Crippen molar-refractivity contribution in [1.29, 1.82) is 0 Å². The number of amides is 1. The highest BCUT2D eigenvalue weighted by Crippen LogP contribution is 2.39. The largest absolute Gasteiger partial charge is 0.455 e. The quantitative estimate of drug-likeness (QED) is 0.548. The number of rotatable bonds is 2. The standard InChI is InChI=1S/C18H18Cl2N2O3/c1-9-15-13(22-24)7-18(2,3)8-14(15)25-16(9)17(23)21-12-6-10(19)4-5-11(12)20/h4-6,24H,7-8H2,1-3H3,(H,21,23)/b22-13-. The second-order valence-electron chi connectivity index (χ2n) is 7.00. The molecular formula is C18H18Cl2N2O3. The van der Waals surface area contributed by atoms with Crippen molar-refractivity contribution >= 4 is 40.5 Å². The Bertz CT molecular complexity index is 885. The highest BCUT2D eigenvalue weighted by molar-refractivity contribution is 6.35. The lowest BCUT2D eigenvalue weighted by Crippen LogP contribution is -2.27. The maximum Gasteiger partial charge on any atom is 0.291 e. The fourth-order valence-electron chi connectivity index (χ4n) is 3.19. The van der Waals surface area contributed by atoms with Crippen molar-refractivity contribution in [2.45, 2.75) is 33.6 Å². The van der Waals surface area contributed by atoms with Gasteiger partial charge in [0.05, 0.1) is 16.4 Å². The van der Waals surface area contributed by atoms with Crippen LogP contribution in [-0.2, 0) is 6.42 Å². The van der Waals surface area contributed by atoms with Gasteiger partial charge in [-0.2, -0.15) is 0 Å². The van der Waals surface area contributed by atoms with Gasteiger partial charge in [0.2, 0.25) is 0 Å². The second-order valence-corrected chi connectivity index (χ2v) is 7.84. The Kier molecular flexibility index (Phi) is 4.56. The van der Waals surface area contributed by atoms with Crippen LogP contribution in [0.1, 0.15) is 47.7 Å². The van der Waals surface area contributed by atoms with E-state index in [0.29, 0.717) is 51.2 Å². The molecule has 1 heterocycles. The molecule has 0 fully saturated rings. The molecule has 0 unspecified atom stereocenters. The first-order valence-electron chi connectivity index (χ1n) is 7.82. The first kappa shape index (κ1) is 17.8. The van der Waals surface area contributed by atoms with E-state index in [1.54, 1.807) is 25.1 Å². The van der Waals surface area contributed by atoms with Crippen LogP contribution in [0.3, 0.4) is 0 Å². The summed E-state index contributed by atoms with van der Waals surface area (Å²) in [5.41, 5.74) is 2.19. The van der Waals surface area contributed by atoms with Crippen LogP contribution in [-0.4, -0.2) is 16.8 Å². The van der Waals surface area contributed by atoms with Crippen LogP contribution in [0.4, 0.5) is 5.69 Å². The van der Waals surface area contributed by atoms with Gasteiger partial charge in [-0.3, -0.25) is 4.79 Å². The van der Waals surface area contributed by atoms with Crippen molar-refractivity contribution in [3.63, 3.8) is 0 Å². The molecule has 0 saturated heterocycles. The van der Waals surface area contributed by atoms with Gasteiger partial charge in [0.15, 0.2) is 5.76 Å². The van der Waals surface area contributed by atoms with Gasteiger partial charge in [-0.25, -0.2) is 0 Å². The minimum Gasteiger partial charge on any atom is -0.455 e. The topological polar surface area (TPSA) is 74.8 Å². The Hall–Kier alpha value is -1.98. The molecule has 2 aromatic rings. The molecule has 3 rings (SSSR count). The van der Waals surface area contributed by atoms with E-state index in [9.17, 15) is 10.0 Å². The number of nitrogens with zero attached hydrogens (tertiary/aromatic N) is 1. The number of carbonyl (C=O) groups excluding carboxylic acids is 1. The number of nitrogens with one attached hydrogen (secondary N) is 1. The zero-order valence-electron chi connectivity index (χ0n) is 14.1. The van der Waals surface area contributed by atoms with Crippen molar-refractivity contribution in [1.82, 2.24) is 0 Å². The van der Waals surface area contributed by atoms with Gasteiger partial charge in [0.1, 0.15) is 5.76 Å². The third-order valence-electron chi connectivity index (χ3n) is 4.30. The van der Waals surface area contributed by atoms with Crippen molar-refractivity contribution < 1.29 is 14.4 Å². The normalized spacial score (nSPS) is 17.4. The molecule has 0 radical (unpaired) electrons. The van der Waals surface area contributed by atoms with Crippen molar-refractivity contribution in [3.05, 3.63) is 50.9 Å². The Balaban J connectivity index is 1.98. The number of hydrogen-bond acceptors (Lipinski definition) is 4. The van der Waals surface area contributed by atoms with Crippen molar-refractivity contribution in [3.8, 4) is 0 Å². The summed E-state index contributed by atoms with van der Waals surface area (Å²) >= 11 is 12.0. The van der Waals surface area contributed by atoms with Gasteiger partial charge in [-0.05, 0) is 37.0 Å². The number of furan rings is 1. The molecular weight excluding hydrogens is 363 g/mol. The average Bonchev–Trinajstić information content (AvgIpc) is 2.85. The Morgan fingerprint density at radius 2 is 2.04 bits per heavy atom. The van der Waals surface area contributed by atoms with Gasteiger partial charge in [0.25, 0.3) is 5.91 Å². The second kappa shape index (κ2) is 6.39. The minimum absolute atomic E-state index is 0.108. The lowest BCUT2D eigenvalue weighted by atomic mass is 9.75. The average molecular weight is 381 g/mol. The molecule has 0 spiro atoms. The molecule has 7 heteroatoms. The summed E-state index contributed by atoms with van der Waals surface area (Å²) in [6.45, 7) is 5.90. The van der Waals surface area contributed by atoms with Crippen LogP contribution < -0.4 is 5.32 Å². The lowest BCUT2D eigenvalue weighted by Gasteiger charge is -2.28. The van der Waals surface area contributed by atoms with E-state index < -0.39 is 5.91 Å². The van der Waals surface area contributed by atoms with E-state index in [1.807, 2.05) is 0 Å². The molecule has 0 aliphatic heterocycles. The van der Waals surface area contributed by atoms with Crippen molar-refractivity contribution in [2.24, 2.45) is 10.6 Å². The van der Waals surface area contributed by atoms with Gasteiger partial charge >= 0.3 is 0 Å². The first-order chi connectivity index (χ1) is 11.7. The van der Waals surface area contributed by atoms with Gasteiger partial charge in [0, 0.05) is 22.6 Å². The van der Waals surface area contributed by atoms with Gasteiger partial charge in [-0.1, -0.05) is 42.2 Å². The Morgan fingerprint density at radius 3 is 2.72 bits per heavy atom. The zero-order valence-corrected chi connectivity index (χ0v) is 15.6. The van der Waals surface area contributed by atoms with E-state index in [-0.39, 0.29) is 11.2 Å². The molecule has 0 saturated carbocycles. The molecule has 0 bridgehead atoms. The number of halogens is 2. The van der Waals surface area contributed by atoms with Crippen LogP contribution in [0, 0.1) is 12.3 Å². The molecule has 1 aliphatic carbocycles. The SMILES string of the molecule is Cc1c(C(=O)Nc2cc(Cl)ccc2Cl)oc2c1/C(=N\O)CC(C)(C)C2. The van der Waals surface area contributed by atoms with Crippen LogP contribution in [0.25, 0.3) is 0 Å². The molecule has 5 nitrogen and oxygen atoms in total. The summed E-state index contributed by atoms with van der Waals surface area (Å²) in [6, 6.07) is 4.82.